The molecular weight excluding hydrogens is 264 g/mol. The average Bonchev–Trinajstić information content (AvgIpc) is 2.68. The molecule has 0 saturated carbocycles. The van der Waals surface area contributed by atoms with Crippen LogP contribution in [0.4, 0.5) is 5.69 Å². The summed E-state index contributed by atoms with van der Waals surface area (Å²) >= 11 is 6.31. The van der Waals surface area contributed by atoms with Gasteiger partial charge in [-0.05, 0) is 32.4 Å². The highest BCUT2D eigenvalue weighted by Crippen LogP contribution is 2.38. The molecule has 0 bridgehead atoms. The van der Waals surface area contributed by atoms with E-state index >= 15 is 0 Å². The lowest BCUT2D eigenvalue weighted by molar-refractivity contribution is 0.171. The Morgan fingerprint density at radius 1 is 1.11 bits per heavy atom. The number of nitrogens with one attached hydrogen (secondary N) is 2. The zero-order valence-electron chi connectivity index (χ0n) is 10.9. The Morgan fingerprint density at radius 3 is 2.74 bits per heavy atom. The Bertz CT molecular complexity index is 445. The quantitative estimate of drug-likeness (QED) is 0.875. The lowest BCUT2D eigenvalue weighted by Gasteiger charge is -2.22. The molecule has 2 aliphatic rings. The molecule has 1 atom stereocenters. The maximum absolute atomic E-state index is 6.31. The smallest absolute Gasteiger partial charge is 0.163 e. The van der Waals surface area contributed by atoms with E-state index < -0.39 is 0 Å². The summed E-state index contributed by atoms with van der Waals surface area (Å²) in [5.74, 6) is 1.52. The van der Waals surface area contributed by atoms with Gasteiger partial charge >= 0.3 is 0 Å². The van der Waals surface area contributed by atoms with E-state index in [0.717, 1.165) is 43.1 Å². The topological polar surface area (TPSA) is 42.5 Å². The summed E-state index contributed by atoms with van der Waals surface area (Å²) in [6, 6.07) is 4.26. The second kappa shape index (κ2) is 5.88. The Morgan fingerprint density at radius 2 is 1.89 bits per heavy atom. The van der Waals surface area contributed by atoms with Crippen molar-refractivity contribution in [2.75, 3.05) is 31.6 Å². The first-order valence-corrected chi connectivity index (χ1v) is 7.27. The summed E-state index contributed by atoms with van der Waals surface area (Å²) in [5.41, 5.74) is 0.942. The first-order chi connectivity index (χ1) is 9.33. The summed E-state index contributed by atoms with van der Waals surface area (Å²) in [7, 11) is 0. The van der Waals surface area contributed by atoms with Crippen LogP contribution in [0.3, 0.4) is 0 Å². The van der Waals surface area contributed by atoms with Crippen LogP contribution in [0.15, 0.2) is 12.1 Å². The molecule has 5 heteroatoms. The largest absolute Gasteiger partial charge is 0.486 e. The fraction of sp³-hybridized carbons (Fsp3) is 0.571. The van der Waals surface area contributed by atoms with Crippen LogP contribution in [0.1, 0.15) is 19.3 Å². The molecule has 104 valence electrons. The number of halogens is 1. The molecule has 0 spiro atoms. The number of hydrogen-bond donors (Lipinski definition) is 2. The third-order valence-electron chi connectivity index (χ3n) is 3.57. The predicted octanol–water partition coefficient (Wildman–Crippen LogP) is 2.67. The Labute approximate surface area is 118 Å². The maximum atomic E-state index is 6.31. The van der Waals surface area contributed by atoms with Crippen molar-refractivity contribution in [1.29, 1.82) is 0 Å². The molecule has 0 aliphatic carbocycles. The van der Waals surface area contributed by atoms with Crippen LogP contribution in [-0.4, -0.2) is 32.3 Å². The molecule has 1 fully saturated rings. The molecule has 19 heavy (non-hydrogen) atoms. The van der Waals surface area contributed by atoms with Gasteiger partial charge in [-0.1, -0.05) is 11.6 Å². The minimum Gasteiger partial charge on any atom is -0.486 e. The van der Waals surface area contributed by atoms with E-state index in [9.17, 15) is 0 Å². The average molecular weight is 283 g/mol. The standard InChI is InChI=1S/C14H19ClN2O2/c15-11-8-13-14(19-7-6-18-13)9-12(11)17-10-2-1-4-16-5-3-10/h8-10,16-17H,1-7H2. The van der Waals surface area contributed by atoms with Crippen molar-refractivity contribution >= 4 is 17.3 Å². The van der Waals surface area contributed by atoms with Crippen LogP contribution in [0.2, 0.25) is 5.02 Å². The monoisotopic (exact) mass is 282 g/mol. The van der Waals surface area contributed by atoms with Gasteiger partial charge in [0.05, 0.1) is 10.7 Å². The number of benzene rings is 1. The van der Waals surface area contributed by atoms with Crippen molar-refractivity contribution in [3.05, 3.63) is 17.2 Å². The molecule has 0 aromatic heterocycles. The van der Waals surface area contributed by atoms with Crippen molar-refractivity contribution in [3.8, 4) is 11.5 Å². The van der Waals surface area contributed by atoms with Crippen LogP contribution in [0.25, 0.3) is 0 Å². The van der Waals surface area contributed by atoms with Crippen LogP contribution in [-0.2, 0) is 0 Å². The Balaban J connectivity index is 1.76. The SMILES string of the molecule is Clc1cc2c(cc1NC1CCCNCC1)OCCO2. The van der Waals surface area contributed by atoms with Gasteiger partial charge in [-0.15, -0.1) is 0 Å². The molecule has 0 amide bonds. The van der Waals surface area contributed by atoms with Crippen LogP contribution in [0.5, 0.6) is 11.5 Å². The molecule has 1 saturated heterocycles. The molecule has 2 N–H and O–H groups in total. The Kier molecular flexibility index (Phi) is 3.99. The summed E-state index contributed by atoms with van der Waals surface area (Å²) in [6.45, 7) is 3.35. The zero-order chi connectivity index (χ0) is 13.1. The van der Waals surface area contributed by atoms with Gasteiger partial charge in [0.25, 0.3) is 0 Å². The Hall–Kier alpha value is -1.13. The summed E-state index contributed by atoms with van der Waals surface area (Å²) < 4.78 is 11.1. The molecule has 3 rings (SSSR count). The summed E-state index contributed by atoms with van der Waals surface area (Å²) in [6.07, 6.45) is 3.47. The minimum absolute atomic E-state index is 0.468. The van der Waals surface area contributed by atoms with Gasteiger partial charge < -0.3 is 20.1 Å². The van der Waals surface area contributed by atoms with Gasteiger partial charge in [0.2, 0.25) is 0 Å². The van der Waals surface area contributed by atoms with E-state index in [-0.39, 0.29) is 0 Å². The van der Waals surface area contributed by atoms with Crippen molar-refractivity contribution in [3.63, 3.8) is 0 Å². The second-order valence-corrected chi connectivity index (χ2v) is 5.41. The molecule has 2 aliphatic heterocycles. The van der Waals surface area contributed by atoms with Crippen LogP contribution in [0, 0.1) is 0 Å². The van der Waals surface area contributed by atoms with Crippen molar-refractivity contribution in [2.24, 2.45) is 0 Å². The number of ether oxygens (including phenoxy) is 2. The maximum Gasteiger partial charge on any atom is 0.163 e. The molecule has 1 aromatic carbocycles. The van der Waals surface area contributed by atoms with E-state index in [2.05, 4.69) is 10.6 Å². The molecule has 4 nitrogen and oxygen atoms in total. The highest BCUT2D eigenvalue weighted by Gasteiger charge is 2.18. The highest BCUT2D eigenvalue weighted by molar-refractivity contribution is 6.33. The van der Waals surface area contributed by atoms with E-state index in [4.69, 9.17) is 21.1 Å². The summed E-state index contributed by atoms with van der Waals surface area (Å²) in [5, 5.41) is 7.64. The van der Waals surface area contributed by atoms with Gasteiger partial charge in [-0.25, -0.2) is 0 Å². The number of rotatable bonds is 2. The fourth-order valence-corrected chi connectivity index (χ4v) is 2.77. The molecule has 1 aromatic rings. The fourth-order valence-electron chi connectivity index (χ4n) is 2.56. The second-order valence-electron chi connectivity index (χ2n) is 5.00. The molecule has 1 unspecified atom stereocenters. The first-order valence-electron chi connectivity index (χ1n) is 6.89. The zero-order valence-corrected chi connectivity index (χ0v) is 11.6. The lowest BCUT2D eigenvalue weighted by Crippen LogP contribution is -2.22. The lowest BCUT2D eigenvalue weighted by atomic mass is 10.1. The normalized spacial score (nSPS) is 22.7. The third kappa shape index (κ3) is 3.07. The molecule has 0 radical (unpaired) electrons. The van der Waals surface area contributed by atoms with Crippen molar-refractivity contribution < 1.29 is 9.47 Å². The molecule has 2 heterocycles. The van der Waals surface area contributed by atoms with Crippen LogP contribution >= 0.6 is 11.6 Å². The van der Waals surface area contributed by atoms with Crippen molar-refractivity contribution in [1.82, 2.24) is 5.32 Å². The highest BCUT2D eigenvalue weighted by atomic mass is 35.5. The van der Waals surface area contributed by atoms with Gasteiger partial charge in [-0.3, -0.25) is 0 Å². The number of hydrogen-bond acceptors (Lipinski definition) is 4. The predicted molar refractivity (Wildman–Crippen MR) is 76.6 cm³/mol. The van der Waals surface area contributed by atoms with Gasteiger partial charge in [0.15, 0.2) is 11.5 Å². The van der Waals surface area contributed by atoms with E-state index in [1.807, 2.05) is 12.1 Å². The number of fused-ring (bicyclic) bond motifs is 1. The minimum atomic E-state index is 0.468. The van der Waals surface area contributed by atoms with Gasteiger partial charge in [0.1, 0.15) is 13.2 Å². The van der Waals surface area contributed by atoms with Crippen molar-refractivity contribution in [2.45, 2.75) is 25.3 Å². The van der Waals surface area contributed by atoms with E-state index in [0.29, 0.717) is 24.3 Å². The molecular formula is C14H19ClN2O2. The van der Waals surface area contributed by atoms with Gasteiger partial charge in [0, 0.05) is 18.2 Å². The van der Waals surface area contributed by atoms with E-state index in [1.54, 1.807) is 0 Å². The summed E-state index contributed by atoms with van der Waals surface area (Å²) in [4.78, 5) is 0. The van der Waals surface area contributed by atoms with Crippen LogP contribution < -0.4 is 20.1 Å². The van der Waals surface area contributed by atoms with E-state index in [1.165, 1.54) is 6.42 Å². The number of anilines is 1. The first kappa shape index (κ1) is 12.9. The third-order valence-corrected chi connectivity index (χ3v) is 3.88. The van der Waals surface area contributed by atoms with Gasteiger partial charge in [-0.2, -0.15) is 0 Å².